The summed E-state index contributed by atoms with van der Waals surface area (Å²) >= 11 is 6.22. The van der Waals surface area contributed by atoms with Crippen molar-refractivity contribution in [3.05, 3.63) is 64.7 Å². The molecule has 0 bridgehead atoms. The summed E-state index contributed by atoms with van der Waals surface area (Å²) in [6.07, 6.45) is 1.64. The molecule has 1 unspecified atom stereocenters. The van der Waals surface area contributed by atoms with Crippen molar-refractivity contribution >= 4 is 23.3 Å². The molecule has 1 atom stereocenters. The number of likely N-dealkylation sites (tertiary alicyclic amines) is 1. The van der Waals surface area contributed by atoms with E-state index in [2.05, 4.69) is 5.32 Å². The molecule has 1 aliphatic rings. The molecule has 23 heavy (non-hydrogen) atoms. The van der Waals surface area contributed by atoms with Gasteiger partial charge in [0, 0.05) is 17.6 Å². The second-order valence-corrected chi connectivity index (χ2v) is 5.83. The molecule has 0 aliphatic carbocycles. The molecule has 1 aliphatic heterocycles. The number of hydrogen-bond donors (Lipinski definition) is 1. The van der Waals surface area contributed by atoms with E-state index < -0.39 is 17.7 Å². The Kier molecular flexibility index (Phi) is 4.48. The summed E-state index contributed by atoms with van der Waals surface area (Å²) in [5.41, 5.74) is 0.836. The summed E-state index contributed by atoms with van der Waals surface area (Å²) < 4.78 is 26.6. The summed E-state index contributed by atoms with van der Waals surface area (Å²) in [7, 11) is 0. The molecule has 0 aromatic heterocycles. The van der Waals surface area contributed by atoms with Crippen LogP contribution in [0, 0.1) is 11.6 Å². The van der Waals surface area contributed by atoms with Crippen LogP contribution in [-0.4, -0.2) is 17.5 Å². The minimum absolute atomic E-state index is 0.0405. The highest BCUT2D eigenvalue weighted by Gasteiger charge is 2.31. The van der Waals surface area contributed by atoms with E-state index in [1.165, 1.54) is 6.07 Å². The number of halogens is 3. The fraction of sp³-hybridized carbons (Fsp3) is 0.235. The molecule has 0 spiro atoms. The van der Waals surface area contributed by atoms with Crippen molar-refractivity contribution in [1.82, 2.24) is 4.90 Å². The lowest BCUT2D eigenvalue weighted by Crippen LogP contribution is -2.34. The first-order chi connectivity index (χ1) is 11.1. The van der Waals surface area contributed by atoms with Gasteiger partial charge in [-0.05, 0) is 36.6 Å². The molecule has 2 amide bonds. The Morgan fingerprint density at radius 2 is 2.00 bits per heavy atom. The third-order valence-corrected chi connectivity index (χ3v) is 4.29. The minimum atomic E-state index is -0.799. The highest BCUT2D eigenvalue weighted by atomic mass is 35.5. The molecule has 0 radical (unpaired) electrons. The third kappa shape index (κ3) is 3.29. The van der Waals surface area contributed by atoms with Crippen LogP contribution < -0.4 is 5.32 Å². The lowest BCUT2D eigenvalue weighted by molar-refractivity contribution is 0.207. The second kappa shape index (κ2) is 6.54. The van der Waals surface area contributed by atoms with E-state index >= 15 is 0 Å². The van der Waals surface area contributed by atoms with Crippen molar-refractivity contribution in [1.29, 1.82) is 0 Å². The van der Waals surface area contributed by atoms with E-state index in [1.54, 1.807) is 11.0 Å². The van der Waals surface area contributed by atoms with Crippen molar-refractivity contribution < 1.29 is 13.6 Å². The molecular weight excluding hydrogens is 322 g/mol. The van der Waals surface area contributed by atoms with Gasteiger partial charge in [0.2, 0.25) is 0 Å². The number of nitrogens with one attached hydrogen (secondary N) is 1. The molecule has 2 aromatic carbocycles. The predicted octanol–water partition coefficient (Wildman–Crippen LogP) is 4.99. The Hall–Kier alpha value is -2.14. The number of hydrogen-bond acceptors (Lipinski definition) is 1. The zero-order valence-electron chi connectivity index (χ0n) is 12.2. The maximum Gasteiger partial charge on any atom is 0.322 e. The molecule has 3 rings (SSSR count). The van der Waals surface area contributed by atoms with Gasteiger partial charge in [0.1, 0.15) is 11.6 Å². The van der Waals surface area contributed by atoms with Crippen LogP contribution >= 0.6 is 11.6 Å². The first-order valence-corrected chi connectivity index (χ1v) is 7.71. The maximum absolute atomic E-state index is 13.7. The number of amides is 2. The molecule has 1 heterocycles. The maximum atomic E-state index is 13.7. The van der Waals surface area contributed by atoms with Crippen LogP contribution in [0.5, 0.6) is 0 Å². The monoisotopic (exact) mass is 336 g/mol. The average molecular weight is 337 g/mol. The first kappa shape index (κ1) is 15.7. The zero-order valence-corrected chi connectivity index (χ0v) is 13.0. The smallest absolute Gasteiger partial charge is 0.317 e. The van der Waals surface area contributed by atoms with Crippen LogP contribution in [-0.2, 0) is 0 Å². The van der Waals surface area contributed by atoms with Gasteiger partial charge in [0.05, 0.1) is 11.7 Å². The lowest BCUT2D eigenvalue weighted by atomic mass is 10.0. The number of nitrogens with zero attached hydrogens (tertiary/aromatic N) is 1. The van der Waals surface area contributed by atoms with Crippen molar-refractivity contribution in [3.8, 4) is 0 Å². The van der Waals surface area contributed by atoms with Crippen molar-refractivity contribution in [2.45, 2.75) is 18.9 Å². The van der Waals surface area contributed by atoms with Crippen LogP contribution in [0.3, 0.4) is 0 Å². The molecule has 120 valence electrons. The highest BCUT2D eigenvalue weighted by molar-refractivity contribution is 6.31. The summed E-state index contributed by atoms with van der Waals surface area (Å²) in [4.78, 5) is 14.1. The lowest BCUT2D eigenvalue weighted by Gasteiger charge is -2.26. The van der Waals surface area contributed by atoms with Gasteiger partial charge in [-0.15, -0.1) is 0 Å². The van der Waals surface area contributed by atoms with Crippen molar-refractivity contribution in [2.24, 2.45) is 0 Å². The molecule has 0 saturated carbocycles. The summed E-state index contributed by atoms with van der Waals surface area (Å²) in [5, 5.41) is 3.10. The third-order valence-electron chi connectivity index (χ3n) is 3.95. The SMILES string of the molecule is O=C(Nc1ccc(F)cc1F)N1CCCC1c1ccccc1Cl. The molecule has 1 fully saturated rings. The van der Waals surface area contributed by atoms with Gasteiger partial charge < -0.3 is 10.2 Å². The number of anilines is 1. The minimum Gasteiger partial charge on any atom is -0.317 e. The Labute approximate surface area is 137 Å². The zero-order chi connectivity index (χ0) is 16.4. The van der Waals surface area contributed by atoms with Crippen molar-refractivity contribution in [2.75, 3.05) is 11.9 Å². The molecule has 1 saturated heterocycles. The first-order valence-electron chi connectivity index (χ1n) is 7.33. The van der Waals surface area contributed by atoms with E-state index in [4.69, 9.17) is 11.6 Å². The summed E-state index contributed by atoms with van der Waals surface area (Å²) in [5.74, 6) is -1.48. The number of benzene rings is 2. The van der Waals surface area contributed by atoms with Crippen LogP contribution in [0.1, 0.15) is 24.4 Å². The van der Waals surface area contributed by atoms with Gasteiger partial charge in [-0.2, -0.15) is 0 Å². The highest BCUT2D eigenvalue weighted by Crippen LogP contribution is 2.36. The molecule has 3 nitrogen and oxygen atoms in total. The molecule has 6 heteroatoms. The number of urea groups is 1. The van der Waals surface area contributed by atoms with Crippen molar-refractivity contribution in [3.63, 3.8) is 0 Å². The predicted molar refractivity (Wildman–Crippen MR) is 85.5 cm³/mol. The van der Waals surface area contributed by atoms with Gasteiger partial charge in [-0.1, -0.05) is 29.8 Å². The molecule has 2 aromatic rings. The van der Waals surface area contributed by atoms with E-state index in [-0.39, 0.29) is 11.7 Å². The van der Waals surface area contributed by atoms with Crippen LogP contribution in [0.25, 0.3) is 0 Å². The largest absolute Gasteiger partial charge is 0.322 e. The number of carbonyl (C=O) groups is 1. The standard InChI is InChI=1S/C17H15ClF2N2O/c18-13-5-2-1-4-12(13)16-6-3-9-22(16)17(23)21-15-8-7-11(19)10-14(15)20/h1-2,4-5,7-8,10,16H,3,6,9H2,(H,21,23). The Balaban J connectivity index is 1.80. The molecule has 1 N–H and O–H groups in total. The number of rotatable bonds is 2. The number of carbonyl (C=O) groups excluding carboxylic acids is 1. The fourth-order valence-corrected chi connectivity index (χ4v) is 3.12. The Bertz CT molecular complexity index is 738. The summed E-state index contributed by atoms with van der Waals surface area (Å²) in [6.45, 7) is 0.560. The molecular formula is C17H15ClF2N2O. The summed E-state index contributed by atoms with van der Waals surface area (Å²) in [6, 6.07) is 9.86. The second-order valence-electron chi connectivity index (χ2n) is 5.43. The quantitative estimate of drug-likeness (QED) is 0.823. The van der Waals surface area contributed by atoms with Gasteiger partial charge in [-0.25, -0.2) is 13.6 Å². The van der Waals surface area contributed by atoms with Crippen LogP contribution in [0.4, 0.5) is 19.3 Å². The fourth-order valence-electron chi connectivity index (χ4n) is 2.86. The van der Waals surface area contributed by atoms with E-state index in [0.29, 0.717) is 11.6 Å². The Morgan fingerprint density at radius 1 is 1.22 bits per heavy atom. The van der Waals surface area contributed by atoms with Crippen LogP contribution in [0.2, 0.25) is 5.02 Å². The van der Waals surface area contributed by atoms with E-state index in [0.717, 1.165) is 30.5 Å². The normalized spacial score (nSPS) is 17.3. The topological polar surface area (TPSA) is 32.3 Å². The van der Waals surface area contributed by atoms with Gasteiger partial charge in [0.15, 0.2) is 0 Å². The van der Waals surface area contributed by atoms with Gasteiger partial charge in [0.25, 0.3) is 0 Å². The Morgan fingerprint density at radius 3 is 2.74 bits per heavy atom. The average Bonchev–Trinajstić information content (AvgIpc) is 3.00. The van der Waals surface area contributed by atoms with Crippen LogP contribution in [0.15, 0.2) is 42.5 Å². The van der Waals surface area contributed by atoms with E-state index in [1.807, 2.05) is 18.2 Å². The van der Waals surface area contributed by atoms with Gasteiger partial charge >= 0.3 is 6.03 Å². The van der Waals surface area contributed by atoms with E-state index in [9.17, 15) is 13.6 Å². The van der Waals surface area contributed by atoms with Gasteiger partial charge in [-0.3, -0.25) is 0 Å².